The number of nitrogens with one attached hydrogen (secondary N) is 2. The van der Waals surface area contributed by atoms with Gasteiger partial charge in [0.15, 0.2) is 0 Å². The Bertz CT molecular complexity index is 390. The van der Waals surface area contributed by atoms with Crippen LogP contribution in [0.25, 0.3) is 0 Å². The number of hydrogen-bond acceptors (Lipinski definition) is 3. The molecule has 17 heavy (non-hydrogen) atoms. The maximum atomic E-state index is 11.6. The Kier molecular flexibility index (Phi) is 4.99. The summed E-state index contributed by atoms with van der Waals surface area (Å²) in [6, 6.07) is -0.621. The lowest BCUT2D eigenvalue weighted by Gasteiger charge is -2.20. The van der Waals surface area contributed by atoms with Crippen molar-refractivity contribution in [2.24, 2.45) is 0 Å². The normalized spacial score (nSPS) is 21.9. The molecule has 0 aliphatic heterocycles. The van der Waals surface area contributed by atoms with Gasteiger partial charge in [-0.25, -0.2) is 13.2 Å². The van der Waals surface area contributed by atoms with Crippen LogP contribution in [0.2, 0.25) is 0 Å². The van der Waals surface area contributed by atoms with E-state index in [0.717, 1.165) is 25.5 Å². The maximum Gasteiger partial charge on any atom is 0.315 e. The minimum Gasteiger partial charge on any atom is -0.335 e. The first-order valence-corrected chi connectivity index (χ1v) is 7.84. The molecule has 6 heteroatoms. The van der Waals surface area contributed by atoms with E-state index in [1.807, 2.05) is 12.2 Å². The zero-order valence-corrected chi connectivity index (χ0v) is 11.1. The van der Waals surface area contributed by atoms with Crippen LogP contribution in [0.3, 0.4) is 0 Å². The third-order valence-electron chi connectivity index (χ3n) is 2.50. The van der Waals surface area contributed by atoms with Crippen LogP contribution in [0.1, 0.15) is 26.2 Å². The Morgan fingerprint density at radius 2 is 2.24 bits per heavy atom. The number of carbonyl (C=O) groups excluding carboxylic acids is 1. The van der Waals surface area contributed by atoms with Crippen molar-refractivity contribution in [1.82, 2.24) is 10.6 Å². The number of hydrogen-bond donors (Lipinski definition) is 2. The lowest BCUT2D eigenvalue weighted by Crippen LogP contribution is -2.47. The van der Waals surface area contributed by atoms with E-state index in [1.54, 1.807) is 6.92 Å². The average Bonchev–Trinajstić information content (AvgIpc) is 2.15. The highest BCUT2D eigenvalue weighted by Crippen LogP contribution is 2.09. The molecule has 2 N–H and O–H groups in total. The summed E-state index contributed by atoms with van der Waals surface area (Å²) in [4.78, 5) is 11.6. The van der Waals surface area contributed by atoms with Crippen molar-refractivity contribution in [2.45, 2.75) is 38.3 Å². The van der Waals surface area contributed by atoms with E-state index in [4.69, 9.17) is 0 Å². The summed E-state index contributed by atoms with van der Waals surface area (Å²) < 4.78 is 22.1. The molecule has 0 aromatic rings. The topological polar surface area (TPSA) is 75.3 Å². The quantitative estimate of drug-likeness (QED) is 0.735. The summed E-state index contributed by atoms with van der Waals surface area (Å²) in [5.74, 6) is -0.0407. The first-order chi connectivity index (χ1) is 7.87. The molecule has 0 aromatic carbocycles. The van der Waals surface area contributed by atoms with Crippen LogP contribution in [0.15, 0.2) is 12.2 Å². The van der Waals surface area contributed by atoms with Crippen LogP contribution in [-0.2, 0) is 9.84 Å². The molecule has 2 amide bonds. The largest absolute Gasteiger partial charge is 0.335 e. The molecule has 1 aliphatic carbocycles. The molecule has 0 bridgehead atoms. The van der Waals surface area contributed by atoms with Crippen LogP contribution in [0.4, 0.5) is 4.79 Å². The van der Waals surface area contributed by atoms with Gasteiger partial charge in [0, 0.05) is 18.3 Å². The Morgan fingerprint density at radius 3 is 2.76 bits per heavy atom. The average molecular weight is 260 g/mol. The molecule has 0 unspecified atom stereocenters. The fourth-order valence-corrected chi connectivity index (χ4v) is 2.85. The van der Waals surface area contributed by atoms with Gasteiger partial charge in [0.1, 0.15) is 9.84 Å². The van der Waals surface area contributed by atoms with E-state index in [1.165, 1.54) is 0 Å². The molecule has 0 saturated heterocycles. The number of allylic oxidation sites excluding steroid dienone is 1. The van der Waals surface area contributed by atoms with Gasteiger partial charge in [0.05, 0.1) is 5.75 Å². The fourth-order valence-electron chi connectivity index (χ4n) is 1.86. The summed E-state index contributed by atoms with van der Waals surface area (Å²) in [7, 11) is -3.06. The van der Waals surface area contributed by atoms with E-state index >= 15 is 0 Å². The number of sulfone groups is 1. The summed E-state index contributed by atoms with van der Waals surface area (Å²) >= 11 is 0. The molecule has 5 nitrogen and oxygen atoms in total. The molecular weight excluding hydrogens is 240 g/mol. The Labute approximate surface area is 103 Å². The standard InChI is InChI=1S/C11H20N2O3S/c1-9(8-17(2,15)16)12-11(14)13-10-6-4-3-5-7-10/h4,6,9-10H,3,5,7-8H2,1-2H3,(H2,12,13,14)/t9-,10+/m1/s1. The molecular formula is C11H20N2O3S. The fraction of sp³-hybridized carbons (Fsp3) is 0.727. The highest BCUT2D eigenvalue weighted by molar-refractivity contribution is 7.90. The molecule has 0 radical (unpaired) electrons. The van der Waals surface area contributed by atoms with Crippen molar-refractivity contribution in [1.29, 1.82) is 0 Å². The first kappa shape index (κ1) is 14.0. The molecule has 0 spiro atoms. The number of urea groups is 1. The summed E-state index contributed by atoms with van der Waals surface area (Å²) in [5.41, 5.74) is 0. The molecule has 1 aliphatic rings. The highest BCUT2D eigenvalue weighted by Gasteiger charge is 2.15. The second kappa shape index (κ2) is 6.05. The molecule has 2 atom stereocenters. The second-order valence-corrected chi connectivity index (χ2v) is 6.76. The minimum absolute atomic E-state index is 0.0407. The van der Waals surface area contributed by atoms with E-state index in [9.17, 15) is 13.2 Å². The minimum atomic E-state index is -3.06. The van der Waals surface area contributed by atoms with Crippen molar-refractivity contribution >= 4 is 15.9 Å². The van der Waals surface area contributed by atoms with Gasteiger partial charge >= 0.3 is 6.03 Å². The van der Waals surface area contributed by atoms with Crippen molar-refractivity contribution in [3.63, 3.8) is 0 Å². The predicted molar refractivity (Wildman–Crippen MR) is 67.6 cm³/mol. The molecule has 0 fully saturated rings. The van der Waals surface area contributed by atoms with E-state index in [0.29, 0.717) is 0 Å². The van der Waals surface area contributed by atoms with Gasteiger partial charge in [0.25, 0.3) is 0 Å². The molecule has 98 valence electrons. The van der Waals surface area contributed by atoms with Crippen molar-refractivity contribution in [3.8, 4) is 0 Å². The van der Waals surface area contributed by atoms with Crippen LogP contribution < -0.4 is 10.6 Å². The number of rotatable bonds is 4. The van der Waals surface area contributed by atoms with Crippen LogP contribution >= 0.6 is 0 Å². The van der Waals surface area contributed by atoms with Gasteiger partial charge in [0.2, 0.25) is 0 Å². The number of amides is 2. The molecule has 0 aromatic heterocycles. The first-order valence-electron chi connectivity index (χ1n) is 5.78. The van der Waals surface area contributed by atoms with Crippen LogP contribution in [-0.4, -0.2) is 38.5 Å². The van der Waals surface area contributed by atoms with Gasteiger partial charge in [-0.15, -0.1) is 0 Å². The summed E-state index contributed by atoms with van der Waals surface area (Å²) in [6.07, 6.45) is 8.25. The van der Waals surface area contributed by atoms with Crippen molar-refractivity contribution < 1.29 is 13.2 Å². The smallest absolute Gasteiger partial charge is 0.315 e. The van der Waals surface area contributed by atoms with Crippen molar-refractivity contribution in [2.75, 3.05) is 12.0 Å². The van der Waals surface area contributed by atoms with E-state index < -0.39 is 9.84 Å². The van der Waals surface area contributed by atoms with Crippen LogP contribution in [0, 0.1) is 0 Å². The third-order valence-corrected chi connectivity index (χ3v) is 3.61. The zero-order chi connectivity index (χ0) is 12.9. The van der Waals surface area contributed by atoms with E-state index in [2.05, 4.69) is 10.6 Å². The predicted octanol–water partition coefficient (Wildman–Crippen LogP) is 0.827. The summed E-state index contributed by atoms with van der Waals surface area (Å²) in [5, 5.41) is 5.42. The molecule has 0 heterocycles. The Hall–Kier alpha value is -1.04. The van der Waals surface area contributed by atoms with Gasteiger partial charge < -0.3 is 10.6 Å². The van der Waals surface area contributed by atoms with Gasteiger partial charge in [-0.1, -0.05) is 12.2 Å². The van der Waals surface area contributed by atoms with E-state index in [-0.39, 0.29) is 23.9 Å². The maximum absolute atomic E-state index is 11.6. The molecule has 1 rings (SSSR count). The van der Waals surface area contributed by atoms with Crippen molar-refractivity contribution in [3.05, 3.63) is 12.2 Å². The van der Waals surface area contributed by atoms with Gasteiger partial charge in [-0.2, -0.15) is 0 Å². The van der Waals surface area contributed by atoms with Crippen LogP contribution in [0.5, 0.6) is 0 Å². The lowest BCUT2D eigenvalue weighted by molar-refractivity contribution is 0.236. The number of carbonyl (C=O) groups is 1. The monoisotopic (exact) mass is 260 g/mol. The molecule has 0 saturated carbocycles. The third kappa shape index (κ3) is 6.31. The SMILES string of the molecule is C[C@H](CS(C)(=O)=O)NC(=O)N[C@H]1C=CCCC1. The van der Waals surface area contributed by atoms with Gasteiger partial charge in [-0.3, -0.25) is 0 Å². The highest BCUT2D eigenvalue weighted by atomic mass is 32.2. The Morgan fingerprint density at radius 1 is 1.53 bits per heavy atom. The zero-order valence-electron chi connectivity index (χ0n) is 10.3. The van der Waals surface area contributed by atoms with Gasteiger partial charge in [-0.05, 0) is 26.2 Å². The second-order valence-electron chi connectivity index (χ2n) is 4.58. The lowest BCUT2D eigenvalue weighted by atomic mass is 10.0. The Balaban J connectivity index is 2.33. The summed E-state index contributed by atoms with van der Waals surface area (Å²) in [6.45, 7) is 1.68.